The maximum Gasteiger partial charge on any atom is 0.337 e. The number of hydrogen-bond donors (Lipinski definition) is 2. The van der Waals surface area contributed by atoms with Crippen molar-refractivity contribution in [3.05, 3.63) is 88.5 Å². The first-order valence-corrected chi connectivity index (χ1v) is 11.4. The Balaban J connectivity index is 1.53. The third kappa shape index (κ3) is 4.04. The Morgan fingerprint density at radius 1 is 1.03 bits per heavy atom. The molecule has 0 fully saturated rings. The van der Waals surface area contributed by atoms with Gasteiger partial charge in [0.25, 0.3) is 0 Å². The summed E-state index contributed by atoms with van der Waals surface area (Å²) < 4.78 is 7.14. The van der Waals surface area contributed by atoms with Gasteiger partial charge in [-0.3, -0.25) is 0 Å². The Kier molecular flexibility index (Phi) is 5.81. The molecule has 170 valence electrons. The second-order valence-corrected chi connectivity index (χ2v) is 8.36. The molecule has 0 spiro atoms. The molecule has 0 atom stereocenters. The number of imidazole rings is 1. The van der Waals surface area contributed by atoms with Gasteiger partial charge in [-0.15, -0.1) is 0 Å². The molecule has 8 heteroatoms. The zero-order chi connectivity index (χ0) is 23.7. The van der Waals surface area contributed by atoms with Gasteiger partial charge in [0.1, 0.15) is 5.82 Å². The number of aromatic amines is 1. The molecule has 0 unspecified atom stereocenters. The van der Waals surface area contributed by atoms with Crippen LogP contribution in [0.1, 0.15) is 35.1 Å². The fourth-order valence-electron chi connectivity index (χ4n) is 4.25. The first-order valence-electron chi connectivity index (χ1n) is 11.0. The van der Waals surface area contributed by atoms with E-state index >= 15 is 0 Å². The number of carbonyl (C=O) groups is 1. The minimum absolute atomic E-state index is 0.163. The van der Waals surface area contributed by atoms with Crippen molar-refractivity contribution >= 4 is 29.2 Å². The van der Waals surface area contributed by atoms with Gasteiger partial charge in [-0.25, -0.2) is 14.9 Å². The van der Waals surface area contributed by atoms with Crippen LogP contribution in [0.3, 0.4) is 0 Å². The Morgan fingerprint density at radius 2 is 1.79 bits per heavy atom. The summed E-state index contributed by atoms with van der Waals surface area (Å²) in [5, 5.41) is 12.5. The monoisotopic (exact) mass is 470 g/mol. The fraction of sp³-hybridized carbons (Fsp3) is 0.154. The van der Waals surface area contributed by atoms with Crippen LogP contribution in [0.15, 0.2) is 71.3 Å². The van der Waals surface area contributed by atoms with Gasteiger partial charge in [0.05, 0.1) is 16.6 Å². The first-order chi connectivity index (χ1) is 16.5. The van der Waals surface area contributed by atoms with Crippen LogP contribution in [0.2, 0.25) is 0 Å². The largest absolute Gasteiger partial charge is 0.478 e. The Hall–Kier alpha value is -4.04. The van der Waals surface area contributed by atoms with Crippen LogP contribution in [0.25, 0.3) is 33.5 Å². The van der Waals surface area contributed by atoms with Crippen molar-refractivity contribution in [1.82, 2.24) is 19.7 Å². The van der Waals surface area contributed by atoms with Gasteiger partial charge in [0.2, 0.25) is 0 Å². The zero-order valence-electron chi connectivity index (χ0n) is 18.5. The van der Waals surface area contributed by atoms with E-state index in [-0.39, 0.29) is 10.4 Å². The fourth-order valence-corrected chi connectivity index (χ4v) is 4.38. The van der Waals surface area contributed by atoms with Crippen molar-refractivity contribution in [3.8, 4) is 22.5 Å². The SMILES string of the molecule is CCCc1nc2cccc(C(=O)O)c2n1Cc1ccc(-c2ccccc2-c2nc(=S)o[nH]2)cc1. The number of benzene rings is 3. The number of aryl methyl sites for hydroxylation is 1. The van der Waals surface area contributed by atoms with Crippen molar-refractivity contribution < 1.29 is 14.4 Å². The van der Waals surface area contributed by atoms with Crippen molar-refractivity contribution in [2.45, 2.75) is 26.3 Å². The number of nitrogens with one attached hydrogen (secondary N) is 1. The minimum atomic E-state index is -0.950. The molecule has 0 aliphatic rings. The third-order valence-corrected chi connectivity index (χ3v) is 5.95. The van der Waals surface area contributed by atoms with E-state index in [9.17, 15) is 9.90 Å². The number of H-pyrrole nitrogens is 1. The lowest BCUT2D eigenvalue weighted by atomic mass is 9.98. The number of hydrogen-bond acceptors (Lipinski definition) is 5. The third-order valence-electron chi connectivity index (χ3n) is 5.78. The maximum atomic E-state index is 11.9. The van der Waals surface area contributed by atoms with Crippen molar-refractivity contribution in [3.63, 3.8) is 0 Å². The molecule has 2 aromatic heterocycles. The average molecular weight is 471 g/mol. The molecule has 0 aliphatic heterocycles. The highest BCUT2D eigenvalue weighted by Gasteiger charge is 2.18. The Labute approximate surface area is 200 Å². The molecule has 7 nitrogen and oxygen atoms in total. The van der Waals surface area contributed by atoms with E-state index in [1.54, 1.807) is 12.1 Å². The molecule has 0 radical (unpaired) electrons. The molecule has 34 heavy (non-hydrogen) atoms. The second-order valence-electron chi connectivity index (χ2n) is 8.02. The zero-order valence-corrected chi connectivity index (χ0v) is 19.3. The Bertz CT molecular complexity index is 1550. The molecule has 5 rings (SSSR count). The highest BCUT2D eigenvalue weighted by molar-refractivity contribution is 7.71. The molecule has 2 N–H and O–H groups in total. The molecular formula is C26H22N4O3S. The van der Waals surface area contributed by atoms with Gasteiger partial charge >= 0.3 is 10.8 Å². The van der Waals surface area contributed by atoms with Gasteiger partial charge in [0, 0.05) is 18.5 Å². The van der Waals surface area contributed by atoms with E-state index in [0.717, 1.165) is 40.9 Å². The number of rotatable bonds is 7. The number of carboxylic acids is 1. The predicted molar refractivity (Wildman–Crippen MR) is 132 cm³/mol. The smallest absolute Gasteiger partial charge is 0.337 e. The Morgan fingerprint density at radius 3 is 2.47 bits per heavy atom. The van der Waals surface area contributed by atoms with E-state index in [4.69, 9.17) is 21.7 Å². The molecule has 3 aromatic carbocycles. The highest BCUT2D eigenvalue weighted by Crippen LogP contribution is 2.31. The summed E-state index contributed by atoms with van der Waals surface area (Å²) in [4.78, 5) is 21.0. The molecule has 0 saturated heterocycles. The van der Waals surface area contributed by atoms with Gasteiger partial charge in [-0.1, -0.05) is 61.5 Å². The number of para-hydroxylation sites is 1. The topological polar surface area (TPSA) is 96.9 Å². The highest BCUT2D eigenvalue weighted by atomic mass is 32.1. The second kappa shape index (κ2) is 9.07. The summed E-state index contributed by atoms with van der Waals surface area (Å²) in [5.74, 6) is 0.524. The predicted octanol–water partition coefficient (Wildman–Crippen LogP) is 6.11. The first kappa shape index (κ1) is 21.8. The van der Waals surface area contributed by atoms with Crippen LogP contribution in [0.5, 0.6) is 0 Å². The number of aromatic carboxylic acids is 1. The maximum absolute atomic E-state index is 11.9. The molecule has 0 bridgehead atoms. The average Bonchev–Trinajstić information content (AvgIpc) is 3.43. The van der Waals surface area contributed by atoms with Gasteiger partial charge in [-0.05, 0) is 47.5 Å². The number of nitrogens with zero attached hydrogens (tertiary/aromatic N) is 3. The molecule has 5 aromatic rings. The lowest BCUT2D eigenvalue weighted by molar-refractivity contribution is 0.0698. The minimum Gasteiger partial charge on any atom is -0.478 e. The van der Waals surface area contributed by atoms with Crippen LogP contribution in [0, 0.1) is 4.84 Å². The van der Waals surface area contributed by atoms with Gasteiger partial charge in [-0.2, -0.15) is 4.98 Å². The molecule has 2 heterocycles. The number of fused-ring (bicyclic) bond motifs is 1. The standard InChI is InChI=1S/C26H22N4O3S/c1-2-6-22-27-21-10-5-9-20(25(31)32)23(21)30(22)15-16-11-13-17(14-12-16)18-7-3-4-8-19(18)24-28-26(34)33-29-24/h3-5,7-14H,2,6,15H2,1H3,(H,31,32)(H,28,29,34). The van der Waals surface area contributed by atoms with Crippen LogP contribution in [-0.4, -0.2) is 30.8 Å². The molecule has 0 saturated carbocycles. The summed E-state index contributed by atoms with van der Waals surface area (Å²) in [6.45, 7) is 2.63. The van der Waals surface area contributed by atoms with Gasteiger partial charge < -0.3 is 14.2 Å². The van der Waals surface area contributed by atoms with Gasteiger partial charge in [0.15, 0.2) is 5.82 Å². The van der Waals surface area contributed by atoms with E-state index in [1.807, 2.05) is 34.9 Å². The lowest BCUT2D eigenvalue weighted by Crippen LogP contribution is -2.08. The molecular weight excluding hydrogens is 448 g/mol. The number of carboxylic acid groups (broad SMARTS) is 1. The quantitative estimate of drug-likeness (QED) is 0.278. The summed E-state index contributed by atoms with van der Waals surface area (Å²) in [5.41, 5.74) is 5.61. The normalized spacial score (nSPS) is 11.2. The van der Waals surface area contributed by atoms with Crippen LogP contribution in [0.4, 0.5) is 0 Å². The van der Waals surface area contributed by atoms with Crippen molar-refractivity contribution in [2.24, 2.45) is 0 Å². The van der Waals surface area contributed by atoms with Crippen LogP contribution >= 0.6 is 12.2 Å². The molecule has 0 aliphatic carbocycles. The summed E-state index contributed by atoms with van der Waals surface area (Å²) in [6.07, 6.45) is 1.70. The van der Waals surface area contributed by atoms with E-state index in [1.165, 1.54) is 0 Å². The summed E-state index contributed by atoms with van der Waals surface area (Å²) >= 11 is 5.00. The van der Waals surface area contributed by atoms with Crippen LogP contribution < -0.4 is 0 Å². The van der Waals surface area contributed by atoms with Crippen molar-refractivity contribution in [1.29, 1.82) is 0 Å². The lowest BCUT2D eigenvalue weighted by Gasteiger charge is -2.12. The molecule has 0 amide bonds. The summed E-state index contributed by atoms with van der Waals surface area (Å²) in [7, 11) is 0. The van der Waals surface area contributed by atoms with E-state index in [0.29, 0.717) is 23.4 Å². The number of aromatic nitrogens is 4. The van der Waals surface area contributed by atoms with Crippen LogP contribution in [-0.2, 0) is 13.0 Å². The van der Waals surface area contributed by atoms with E-state index < -0.39 is 5.97 Å². The summed E-state index contributed by atoms with van der Waals surface area (Å²) in [6, 6.07) is 21.4. The van der Waals surface area contributed by atoms with E-state index in [2.05, 4.69) is 41.3 Å². The van der Waals surface area contributed by atoms with Crippen molar-refractivity contribution in [2.75, 3.05) is 0 Å².